The molecule has 1 fully saturated rings. The lowest BCUT2D eigenvalue weighted by Gasteiger charge is -2.23. The van der Waals surface area contributed by atoms with Gasteiger partial charge in [-0.1, -0.05) is 0 Å². The molecule has 1 aromatic rings. The van der Waals surface area contributed by atoms with Crippen LogP contribution in [0.4, 0.5) is 5.82 Å². The minimum absolute atomic E-state index is 0. The molecule has 1 atom stereocenters. The summed E-state index contributed by atoms with van der Waals surface area (Å²) in [6.45, 7) is 2.17. The standard InChI is InChI=1S/C9H14N4.2ClH/c1-2-8(6-10-4-1)13-9-3-5-11-7-12-9;;/h3,5,7-8,10H,1-2,4,6H2,(H,11,12,13);2*1H/t8-;;/m1../s1. The van der Waals surface area contributed by atoms with Crippen molar-refractivity contribution in [1.29, 1.82) is 0 Å². The predicted octanol–water partition coefficient (Wildman–Crippen LogP) is 1.48. The lowest BCUT2D eigenvalue weighted by atomic mass is 10.1. The Labute approximate surface area is 102 Å². The van der Waals surface area contributed by atoms with Gasteiger partial charge in [0.2, 0.25) is 0 Å². The first kappa shape index (κ1) is 14.4. The highest BCUT2D eigenvalue weighted by molar-refractivity contribution is 5.85. The van der Waals surface area contributed by atoms with Gasteiger partial charge >= 0.3 is 0 Å². The van der Waals surface area contributed by atoms with Gasteiger partial charge in [-0.05, 0) is 25.5 Å². The molecule has 15 heavy (non-hydrogen) atoms. The maximum Gasteiger partial charge on any atom is 0.129 e. The van der Waals surface area contributed by atoms with Crippen LogP contribution in [0.3, 0.4) is 0 Å². The Kier molecular flexibility index (Phi) is 7.38. The molecule has 4 nitrogen and oxygen atoms in total. The quantitative estimate of drug-likeness (QED) is 0.836. The van der Waals surface area contributed by atoms with Gasteiger partial charge in [0.05, 0.1) is 0 Å². The minimum Gasteiger partial charge on any atom is -0.366 e. The number of anilines is 1. The van der Waals surface area contributed by atoms with Gasteiger partial charge in [-0.25, -0.2) is 9.97 Å². The number of aromatic nitrogens is 2. The van der Waals surface area contributed by atoms with Gasteiger partial charge in [0.25, 0.3) is 0 Å². The summed E-state index contributed by atoms with van der Waals surface area (Å²) in [6.07, 6.45) is 5.78. The summed E-state index contributed by atoms with van der Waals surface area (Å²) in [5.41, 5.74) is 0. The molecule has 0 aliphatic carbocycles. The van der Waals surface area contributed by atoms with Gasteiger partial charge in [0.15, 0.2) is 0 Å². The normalized spacial score (nSPS) is 19.6. The van der Waals surface area contributed by atoms with E-state index in [4.69, 9.17) is 0 Å². The molecule has 1 aromatic heterocycles. The average Bonchev–Trinajstić information content (AvgIpc) is 2.21. The Hall–Kier alpha value is -0.580. The van der Waals surface area contributed by atoms with Gasteiger partial charge < -0.3 is 10.6 Å². The molecular formula is C9H16Cl2N4. The number of nitrogens with one attached hydrogen (secondary N) is 2. The molecule has 0 unspecified atom stereocenters. The van der Waals surface area contributed by atoms with Crippen LogP contribution >= 0.6 is 24.8 Å². The van der Waals surface area contributed by atoms with Crippen LogP contribution in [0.1, 0.15) is 12.8 Å². The van der Waals surface area contributed by atoms with Crippen molar-refractivity contribution < 1.29 is 0 Å². The van der Waals surface area contributed by atoms with Crippen molar-refractivity contribution in [2.45, 2.75) is 18.9 Å². The molecule has 2 rings (SSSR count). The fourth-order valence-corrected chi connectivity index (χ4v) is 1.56. The first-order chi connectivity index (χ1) is 6.45. The topological polar surface area (TPSA) is 49.8 Å². The zero-order valence-corrected chi connectivity index (χ0v) is 9.98. The Balaban J connectivity index is 0.000000980. The summed E-state index contributed by atoms with van der Waals surface area (Å²) in [7, 11) is 0. The molecule has 0 saturated carbocycles. The molecule has 0 aromatic carbocycles. The molecule has 0 spiro atoms. The van der Waals surface area contributed by atoms with Gasteiger partial charge in [-0.15, -0.1) is 24.8 Å². The zero-order valence-electron chi connectivity index (χ0n) is 8.35. The Morgan fingerprint density at radius 2 is 2.27 bits per heavy atom. The summed E-state index contributed by atoms with van der Waals surface area (Å²) in [5.74, 6) is 0.920. The van der Waals surface area contributed by atoms with Crippen molar-refractivity contribution in [3.8, 4) is 0 Å². The Morgan fingerprint density at radius 1 is 1.40 bits per heavy atom. The predicted molar refractivity (Wildman–Crippen MR) is 66.0 cm³/mol. The number of piperidine rings is 1. The molecule has 1 aliphatic heterocycles. The lowest BCUT2D eigenvalue weighted by molar-refractivity contribution is 0.479. The number of halogens is 2. The van der Waals surface area contributed by atoms with E-state index in [0.29, 0.717) is 6.04 Å². The second kappa shape index (κ2) is 7.68. The third-order valence-electron chi connectivity index (χ3n) is 2.23. The molecule has 0 bridgehead atoms. The van der Waals surface area contributed by atoms with Crippen LogP contribution in [0.25, 0.3) is 0 Å². The zero-order chi connectivity index (χ0) is 8.93. The van der Waals surface area contributed by atoms with Crippen LogP contribution in [-0.4, -0.2) is 29.1 Å². The second-order valence-electron chi connectivity index (χ2n) is 3.28. The van der Waals surface area contributed by atoms with Crippen LogP contribution in [0.15, 0.2) is 18.6 Å². The van der Waals surface area contributed by atoms with Gasteiger partial charge in [0.1, 0.15) is 12.1 Å². The van der Waals surface area contributed by atoms with E-state index in [0.717, 1.165) is 18.9 Å². The third kappa shape index (κ3) is 4.64. The van der Waals surface area contributed by atoms with Crippen LogP contribution < -0.4 is 10.6 Å². The first-order valence-electron chi connectivity index (χ1n) is 4.68. The van der Waals surface area contributed by atoms with Crippen LogP contribution in [0.5, 0.6) is 0 Å². The van der Waals surface area contributed by atoms with E-state index in [1.54, 1.807) is 12.5 Å². The van der Waals surface area contributed by atoms with E-state index in [-0.39, 0.29) is 24.8 Å². The van der Waals surface area contributed by atoms with Crippen molar-refractivity contribution in [2.75, 3.05) is 18.4 Å². The molecule has 2 heterocycles. The maximum absolute atomic E-state index is 4.12. The van der Waals surface area contributed by atoms with Gasteiger partial charge in [0, 0.05) is 18.8 Å². The van der Waals surface area contributed by atoms with Crippen molar-refractivity contribution in [1.82, 2.24) is 15.3 Å². The summed E-state index contributed by atoms with van der Waals surface area (Å²) in [4.78, 5) is 7.99. The van der Waals surface area contributed by atoms with Crippen molar-refractivity contribution in [2.24, 2.45) is 0 Å². The highest BCUT2D eigenvalue weighted by Gasteiger charge is 2.12. The molecule has 2 N–H and O–H groups in total. The number of nitrogens with zero attached hydrogens (tertiary/aromatic N) is 2. The van der Waals surface area contributed by atoms with Crippen LogP contribution in [0, 0.1) is 0 Å². The van der Waals surface area contributed by atoms with E-state index in [2.05, 4.69) is 20.6 Å². The Bertz CT molecular complexity index is 252. The average molecular weight is 251 g/mol. The fraction of sp³-hybridized carbons (Fsp3) is 0.556. The first-order valence-corrected chi connectivity index (χ1v) is 4.68. The molecule has 1 saturated heterocycles. The minimum atomic E-state index is 0. The van der Waals surface area contributed by atoms with E-state index >= 15 is 0 Å². The molecule has 6 heteroatoms. The molecule has 86 valence electrons. The summed E-state index contributed by atoms with van der Waals surface area (Å²) in [5, 5.41) is 6.72. The largest absolute Gasteiger partial charge is 0.366 e. The monoisotopic (exact) mass is 250 g/mol. The lowest BCUT2D eigenvalue weighted by Crippen LogP contribution is -2.38. The number of hydrogen-bond acceptors (Lipinski definition) is 4. The summed E-state index contributed by atoms with van der Waals surface area (Å²) < 4.78 is 0. The SMILES string of the molecule is Cl.Cl.c1cc(N[C@@H]2CCCNC2)ncn1. The second-order valence-corrected chi connectivity index (χ2v) is 3.28. The fourth-order valence-electron chi connectivity index (χ4n) is 1.56. The van der Waals surface area contributed by atoms with Gasteiger partial charge in [-0.2, -0.15) is 0 Å². The number of rotatable bonds is 2. The maximum atomic E-state index is 4.12. The van der Waals surface area contributed by atoms with Crippen LogP contribution in [-0.2, 0) is 0 Å². The van der Waals surface area contributed by atoms with E-state index in [9.17, 15) is 0 Å². The molecule has 0 radical (unpaired) electrons. The van der Waals surface area contributed by atoms with Crippen molar-refractivity contribution in [3.05, 3.63) is 18.6 Å². The molecule has 0 amide bonds. The van der Waals surface area contributed by atoms with E-state index in [1.807, 2.05) is 6.07 Å². The number of hydrogen-bond donors (Lipinski definition) is 2. The smallest absolute Gasteiger partial charge is 0.129 e. The van der Waals surface area contributed by atoms with Gasteiger partial charge in [-0.3, -0.25) is 0 Å². The molecule has 1 aliphatic rings. The van der Waals surface area contributed by atoms with Crippen molar-refractivity contribution in [3.63, 3.8) is 0 Å². The summed E-state index contributed by atoms with van der Waals surface area (Å²) in [6, 6.07) is 2.41. The highest BCUT2D eigenvalue weighted by atomic mass is 35.5. The van der Waals surface area contributed by atoms with Crippen molar-refractivity contribution >= 4 is 30.6 Å². The van der Waals surface area contributed by atoms with E-state index in [1.165, 1.54) is 12.8 Å². The summed E-state index contributed by atoms with van der Waals surface area (Å²) >= 11 is 0. The van der Waals surface area contributed by atoms with E-state index < -0.39 is 0 Å². The highest BCUT2D eigenvalue weighted by Crippen LogP contribution is 2.08. The molecular weight excluding hydrogens is 235 g/mol. The third-order valence-corrected chi connectivity index (χ3v) is 2.23. The Morgan fingerprint density at radius 3 is 2.87 bits per heavy atom. The van der Waals surface area contributed by atoms with Crippen LogP contribution in [0.2, 0.25) is 0 Å².